The summed E-state index contributed by atoms with van der Waals surface area (Å²) in [5, 5.41) is 17.9. The number of ketones is 1. The van der Waals surface area contributed by atoms with E-state index in [2.05, 4.69) is 281 Å². The van der Waals surface area contributed by atoms with Crippen molar-refractivity contribution < 1.29 is 43.5 Å². The predicted molar refractivity (Wildman–Crippen MR) is 584 cm³/mol. The number of hydrogen-bond donors (Lipinski definition) is 2. The number of carbonyl (C=O) groups excluding carboxylic acids is 3. The van der Waals surface area contributed by atoms with Crippen LogP contribution >= 0.6 is 0 Å². The molecule has 0 spiro atoms. The molecule has 0 aromatic carbocycles. The number of rotatable bonds is 39. The zero-order valence-electron chi connectivity index (χ0n) is 97.4. The van der Waals surface area contributed by atoms with E-state index in [4.69, 9.17) is 24.1 Å². The molecule has 0 bridgehead atoms. The van der Waals surface area contributed by atoms with Crippen molar-refractivity contribution in [2.45, 2.75) is 548 Å². The molecule has 12 nitrogen and oxygen atoms in total. The molecule has 0 radical (unpaired) electrons. The van der Waals surface area contributed by atoms with Crippen LogP contribution in [0.2, 0.25) is 0 Å². The maximum atomic E-state index is 11.2. The second-order valence-electron chi connectivity index (χ2n) is 47.5. The number of amides is 2. The van der Waals surface area contributed by atoms with Crippen molar-refractivity contribution in [2.75, 3.05) is 72.4 Å². The van der Waals surface area contributed by atoms with Crippen LogP contribution in [0.25, 0.3) is 0 Å². The van der Waals surface area contributed by atoms with Gasteiger partial charge in [0.25, 0.3) is 0 Å². The quantitative estimate of drug-likeness (QED) is 0.0574. The first-order valence-corrected chi connectivity index (χ1v) is 55.2. The molecule has 4 saturated heterocycles. The number of unbranched alkanes of at least 4 members (excludes halogenated alkanes) is 1. The highest BCUT2D eigenvalue weighted by Gasteiger charge is 2.23. The summed E-state index contributed by atoms with van der Waals surface area (Å²) in [4.78, 5) is 40.9. The Hall–Kier alpha value is -2.22. The van der Waals surface area contributed by atoms with Crippen LogP contribution in [0.1, 0.15) is 523 Å². The summed E-state index contributed by atoms with van der Waals surface area (Å²) in [6.07, 6.45) is 43.8. The molecule has 5 heterocycles. The van der Waals surface area contributed by atoms with Crippen molar-refractivity contribution in [3.05, 3.63) is 11.6 Å². The number of hydrogen-bond acceptors (Lipinski definition) is 10. The SMILES string of the molecule is CC(=O)CC(C)C.CC(C)CC(C)(C)C.CC(C)CC1CCCCC1.CC(C)CCCN1CCCC1=O.CC(C)CCN1CCCC1=O.CC(C)C[C@@H]1CCCO1.CC(C)C[C@H](C)O.CC(C)C[C@H]1CCCO1.CC1=CC(CC(C)C)=NC1.CCC(C)(C)CC(C)C.CCCC(C)C.CCCCC(C)C.CCOCC(O)CC(C)C.CCOCCC(C)C.CC[C@@H](C)C(C)C. The molecule has 788 valence electrons. The largest absolute Gasteiger partial charge is 0.393 e. The number of aliphatic hydroxyl groups is 2. The van der Waals surface area contributed by atoms with E-state index in [9.17, 15) is 19.5 Å². The highest BCUT2D eigenvalue weighted by Crippen LogP contribution is 2.30. The number of Topliss-reactive ketones (excluding diaryl/α,β-unsaturated/α-hetero) is 1. The number of nitrogens with zero attached hydrogens (tertiary/aromatic N) is 3. The fourth-order valence-corrected chi connectivity index (χ4v) is 15.7. The van der Waals surface area contributed by atoms with Crippen molar-refractivity contribution >= 4 is 23.3 Å². The molecule has 2 N–H and O–H groups in total. The smallest absolute Gasteiger partial charge is 0.222 e. The van der Waals surface area contributed by atoms with Crippen molar-refractivity contribution in [2.24, 2.45) is 116 Å². The topological polar surface area (TPSA) is 147 Å². The molecule has 1 saturated carbocycles. The highest BCUT2D eigenvalue weighted by atomic mass is 16.5. The third kappa shape index (κ3) is 130. The number of ether oxygens (including phenoxy) is 4. The third-order valence-corrected chi connectivity index (χ3v) is 22.7. The van der Waals surface area contributed by atoms with Crippen molar-refractivity contribution in [1.82, 2.24) is 9.80 Å². The van der Waals surface area contributed by atoms with Gasteiger partial charge in [0.15, 0.2) is 0 Å². The van der Waals surface area contributed by atoms with Crippen molar-refractivity contribution in [3.8, 4) is 0 Å². The molecule has 2 amide bonds. The molecule has 1 unspecified atom stereocenters. The normalized spacial score (nSPS) is 16.6. The first-order chi connectivity index (χ1) is 60.2. The minimum absolute atomic E-state index is 0.125. The summed E-state index contributed by atoms with van der Waals surface area (Å²) >= 11 is 0. The molecular weight excluding hydrogens is 1600 g/mol. The van der Waals surface area contributed by atoms with Crippen LogP contribution in [0, 0.1) is 111 Å². The van der Waals surface area contributed by atoms with Crippen LogP contribution in [0.15, 0.2) is 16.6 Å². The molecular formula is C118H247N3O9. The van der Waals surface area contributed by atoms with Crippen LogP contribution in [-0.4, -0.2) is 140 Å². The molecule has 12 heteroatoms. The van der Waals surface area contributed by atoms with Gasteiger partial charge < -0.3 is 43.8 Å². The number of carbonyl (C=O) groups is 3. The Balaban J connectivity index is -0.000000173. The van der Waals surface area contributed by atoms with E-state index in [1.54, 1.807) is 6.92 Å². The standard InChI is InChI=1S/C10H19NO.C10H20.C9H17NO.C9H15N.C9H20.C8H18O2.2C8H16O.C8H18.C7H16O.2C7H16.C6H14O.C6H12O.C6H14/c1-9(2)5-3-7-11-8-4-6-10(11)12;1-9(2)8-10-6-4-3-5-7-10;1-8(2)5-7-10-6-3-4-9(10)11;1-7(2)4-9-5-8(3)6-10-9;1-6-9(4,5)7-8(2)3;1-4-10-6-8(9)5-7(2)3;2*1-7(2)6-8-4-3-5-9-8;1-7(2)6-8(3,4)5;1-4-8-6-5-7(2)3;1-5-7(4)6(2)3;1-4-5-6-7(2)3;2*1-5(2)4-6(3)7;1-4-5-6(2)3/h9H,3-8H2,1-2H3;9-10H,3-8H2,1-2H3;8H,3-7H2,1-2H3;5,7H,4,6H2,1-3H3;8H,6-7H2,1-5H3;7-9H,4-6H2,1-3H3;2*7-8H,3-6H2,1-2H3;7H,6H2,1-5H3;7H,4-6H2,1-3H3;6-7H,5H2,1-4H3;7H,4-6H2,1-3H3;5-7H,4H2,1-3H3;5H,4H2,1-3H3;6H,4-5H2,1-3H3/t;;;;;;2*8-;;;7-;;6-;;/m......10..1.0../s1. The fraction of sp³-hybridized carbons (Fsp3) is 0.949. The van der Waals surface area contributed by atoms with Crippen molar-refractivity contribution in [3.63, 3.8) is 0 Å². The van der Waals surface area contributed by atoms with Gasteiger partial charge >= 0.3 is 0 Å². The van der Waals surface area contributed by atoms with E-state index in [-0.39, 0.29) is 18.0 Å². The Bertz CT molecular complexity index is 2350. The van der Waals surface area contributed by atoms with Crippen LogP contribution in [0.5, 0.6) is 0 Å². The molecule has 6 rings (SSSR count). The first kappa shape index (κ1) is 146. The molecule has 0 aromatic heterocycles. The van der Waals surface area contributed by atoms with Gasteiger partial charge in [-0.2, -0.15) is 0 Å². The zero-order chi connectivity index (χ0) is 103. The average molecular weight is 1850 g/mol. The highest BCUT2D eigenvalue weighted by molar-refractivity contribution is 5.97. The lowest BCUT2D eigenvalue weighted by atomic mass is 9.82. The molecule has 130 heavy (non-hydrogen) atoms. The monoisotopic (exact) mass is 1850 g/mol. The Morgan fingerprint density at radius 3 is 1.15 bits per heavy atom. The molecule has 5 aliphatic heterocycles. The van der Waals surface area contributed by atoms with Gasteiger partial charge in [-0.25, -0.2) is 0 Å². The van der Waals surface area contributed by atoms with E-state index in [0.29, 0.717) is 71.7 Å². The fourth-order valence-electron chi connectivity index (χ4n) is 15.7. The predicted octanol–water partition coefficient (Wildman–Crippen LogP) is 35.2. The summed E-state index contributed by atoms with van der Waals surface area (Å²) in [5.74, 6) is 14.5. The van der Waals surface area contributed by atoms with Gasteiger partial charge in [0.2, 0.25) is 11.8 Å². The second-order valence-corrected chi connectivity index (χ2v) is 47.5. The number of allylic oxidation sites excluding steroid dienone is 1. The van der Waals surface area contributed by atoms with Gasteiger partial charge in [-0.1, -0.05) is 360 Å². The number of aliphatic hydroxyl groups excluding tert-OH is 2. The van der Waals surface area contributed by atoms with Gasteiger partial charge in [-0.05, 0) is 268 Å². The lowest BCUT2D eigenvalue weighted by Crippen LogP contribution is -2.26. The lowest BCUT2D eigenvalue weighted by molar-refractivity contribution is -0.128. The number of aliphatic imine (C=N–C) groups is 1. The number of likely N-dealkylation sites (tertiary alicyclic amines) is 2. The van der Waals surface area contributed by atoms with E-state index in [1.165, 1.54) is 165 Å². The van der Waals surface area contributed by atoms with Crippen LogP contribution in [0.4, 0.5) is 0 Å². The Morgan fingerprint density at radius 2 is 0.908 bits per heavy atom. The van der Waals surface area contributed by atoms with Crippen LogP contribution in [-0.2, 0) is 33.3 Å². The molecule has 1 aliphatic carbocycles. The Labute approximate surface area is 820 Å². The van der Waals surface area contributed by atoms with E-state index < -0.39 is 0 Å². The van der Waals surface area contributed by atoms with E-state index >= 15 is 0 Å². The second kappa shape index (κ2) is 97.0. The zero-order valence-corrected chi connectivity index (χ0v) is 97.4. The van der Waals surface area contributed by atoms with Crippen molar-refractivity contribution in [1.29, 1.82) is 0 Å². The first-order valence-electron chi connectivity index (χ1n) is 55.2. The van der Waals surface area contributed by atoms with Gasteiger partial charge in [-0.15, -0.1) is 0 Å². The van der Waals surface area contributed by atoms with Gasteiger partial charge in [0.05, 0.1) is 37.6 Å². The van der Waals surface area contributed by atoms with Crippen LogP contribution < -0.4 is 0 Å². The summed E-state index contributed by atoms with van der Waals surface area (Å²) in [5.41, 5.74) is 3.77. The minimum Gasteiger partial charge on any atom is -0.393 e. The lowest BCUT2D eigenvalue weighted by Gasteiger charge is -2.24. The van der Waals surface area contributed by atoms with Gasteiger partial charge in [-0.3, -0.25) is 14.6 Å². The van der Waals surface area contributed by atoms with E-state index in [1.807, 2.05) is 44.4 Å². The molecule has 6 aliphatic rings. The summed E-state index contributed by atoms with van der Waals surface area (Å²) < 4.78 is 21.1. The van der Waals surface area contributed by atoms with Crippen LogP contribution in [0.3, 0.4) is 0 Å². The summed E-state index contributed by atoms with van der Waals surface area (Å²) in [7, 11) is 0. The average Bonchev–Trinajstić information content (AvgIpc) is 1.80. The van der Waals surface area contributed by atoms with Gasteiger partial charge in [0, 0.05) is 84.2 Å². The maximum Gasteiger partial charge on any atom is 0.222 e. The molecule has 5 atom stereocenters. The molecule has 5 fully saturated rings. The maximum absolute atomic E-state index is 11.2. The molecule has 0 aromatic rings. The Kier molecular flexibility index (Phi) is 109. The Morgan fingerprint density at radius 1 is 0.469 bits per heavy atom. The van der Waals surface area contributed by atoms with Gasteiger partial charge in [0.1, 0.15) is 5.78 Å². The summed E-state index contributed by atoms with van der Waals surface area (Å²) in [6.45, 7) is 109. The summed E-state index contributed by atoms with van der Waals surface area (Å²) in [6, 6.07) is 0. The van der Waals surface area contributed by atoms with E-state index in [0.717, 1.165) is 194 Å². The third-order valence-electron chi connectivity index (χ3n) is 22.7. The minimum atomic E-state index is -0.278.